The van der Waals surface area contributed by atoms with E-state index in [2.05, 4.69) is 47.0 Å². The lowest BCUT2D eigenvalue weighted by Gasteiger charge is -2.06. The maximum absolute atomic E-state index is 13.4. The summed E-state index contributed by atoms with van der Waals surface area (Å²) in [6, 6.07) is 5.14. The smallest absolute Gasteiger partial charge is 0.125 e. The summed E-state index contributed by atoms with van der Waals surface area (Å²) in [5.74, 6) is -0.238. The monoisotopic (exact) mass is 356 g/mol. The van der Waals surface area contributed by atoms with Crippen LogP contribution in [0.15, 0.2) is 22.7 Å². The van der Waals surface area contributed by atoms with Crippen LogP contribution >= 0.6 is 27.3 Å². The van der Waals surface area contributed by atoms with Crippen LogP contribution in [0.3, 0.4) is 0 Å². The van der Waals surface area contributed by atoms with E-state index < -0.39 is 0 Å². The van der Waals surface area contributed by atoms with Crippen molar-refractivity contribution in [2.24, 2.45) is 0 Å². The van der Waals surface area contributed by atoms with E-state index in [1.54, 1.807) is 17.4 Å². The standard InChI is InChI=1S/C15H18BrFN2S/c1-4-13-14(8-18-9(2)3)20-15(19-13)11-7-10(17)5-6-12(11)16/h5-7,9,18H,4,8H2,1-3H3. The van der Waals surface area contributed by atoms with E-state index >= 15 is 0 Å². The molecule has 0 spiro atoms. The Kier molecular flexibility index (Phi) is 5.29. The molecular formula is C15H18BrFN2S. The maximum atomic E-state index is 13.4. The number of aryl methyl sites for hydroxylation is 1. The number of aromatic nitrogens is 1. The van der Waals surface area contributed by atoms with Gasteiger partial charge in [-0.3, -0.25) is 0 Å². The van der Waals surface area contributed by atoms with Gasteiger partial charge in [0.15, 0.2) is 0 Å². The van der Waals surface area contributed by atoms with E-state index in [0.29, 0.717) is 6.04 Å². The van der Waals surface area contributed by atoms with Crippen LogP contribution in [0.2, 0.25) is 0 Å². The average Bonchev–Trinajstić information content (AvgIpc) is 2.82. The van der Waals surface area contributed by atoms with Gasteiger partial charge in [0, 0.05) is 27.5 Å². The van der Waals surface area contributed by atoms with Gasteiger partial charge in [0.2, 0.25) is 0 Å². The second kappa shape index (κ2) is 6.78. The van der Waals surface area contributed by atoms with Gasteiger partial charge in [-0.25, -0.2) is 9.37 Å². The number of nitrogens with zero attached hydrogens (tertiary/aromatic N) is 1. The zero-order chi connectivity index (χ0) is 14.7. The summed E-state index contributed by atoms with van der Waals surface area (Å²) in [7, 11) is 0. The minimum Gasteiger partial charge on any atom is -0.310 e. The van der Waals surface area contributed by atoms with Crippen molar-refractivity contribution in [1.29, 1.82) is 0 Å². The Balaban J connectivity index is 2.35. The fourth-order valence-electron chi connectivity index (χ4n) is 1.87. The lowest BCUT2D eigenvalue weighted by atomic mass is 10.2. The maximum Gasteiger partial charge on any atom is 0.125 e. The van der Waals surface area contributed by atoms with Gasteiger partial charge in [0.05, 0.1) is 5.69 Å². The molecule has 1 aromatic heterocycles. The Labute approximate surface area is 131 Å². The molecule has 2 aromatic rings. The van der Waals surface area contributed by atoms with Crippen LogP contribution in [0, 0.1) is 5.82 Å². The van der Waals surface area contributed by atoms with E-state index in [9.17, 15) is 4.39 Å². The molecule has 20 heavy (non-hydrogen) atoms. The van der Waals surface area contributed by atoms with Gasteiger partial charge in [0.25, 0.3) is 0 Å². The molecule has 0 saturated heterocycles. The highest BCUT2D eigenvalue weighted by atomic mass is 79.9. The zero-order valence-electron chi connectivity index (χ0n) is 11.8. The van der Waals surface area contributed by atoms with Crippen molar-refractivity contribution >= 4 is 27.3 Å². The molecular weight excluding hydrogens is 339 g/mol. The Bertz CT molecular complexity index is 596. The lowest BCUT2D eigenvalue weighted by molar-refractivity contribution is 0.590. The molecule has 1 aromatic carbocycles. The van der Waals surface area contributed by atoms with Gasteiger partial charge in [-0.1, -0.05) is 36.7 Å². The first-order valence-electron chi connectivity index (χ1n) is 6.68. The number of rotatable bonds is 5. The highest BCUT2D eigenvalue weighted by Crippen LogP contribution is 2.34. The molecule has 0 bridgehead atoms. The van der Waals surface area contributed by atoms with Crippen LogP contribution in [0.4, 0.5) is 4.39 Å². The topological polar surface area (TPSA) is 24.9 Å². The SMILES string of the molecule is CCc1nc(-c2cc(F)ccc2Br)sc1CNC(C)C. The third-order valence-electron chi connectivity index (χ3n) is 2.94. The summed E-state index contributed by atoms with van der Waals surface area (Å²) in [6.07, 6.45) is 0.887. The van der Waals surface area contributed by atoms with E-state index in [4.69, 9.17) is 0 Å². The highest BCUT2D eigenvalue weighted by Gasteiger charge is 2.14. The van der Waals surface area contributed by atoms with Gasteiger partial charge in [-0.2, -0.15) is 0 Å². The van der Waals surface area contributed by atoms with Crippen molar-refractivity contribution in [2.75, 3.05) is 0 Å². The summed E-state index contributed by atoms with van der Waals surface area (Å²) in [5, 5.41) is 4.28. The Hall–Kier alpha value is -0.780. The highest BCUT2D eigenvalue weighted by molar-refractivity contribution is 9.10. The Morgan fingerprint density at radius 3 is 2.80 bits per heavy atom. The van der Waals surface area contributed by atoms with Gasteiger partial charge in [-0.15, -0.1) is 11.3 Å². The van der Waals surface area contributed by atoms with E-state index in [-0.39, 0.29) is 5.82 Å². The molecule has 1 heterocycles. The number of nitrogens with one attached hydrogen (secondary N) is 1. The molecule has 0 aliphatic carbocycles. The van der Waals surface area contributed by atoms with Crippen LogP contribution in [0.1, 0.15) is 31.3 Å². The van der Waals surface area contributed by atoms with Crippen molar-refractivity contribution in [3.63, 3.8) is 0 Å². The summed E-state index contributed by atoms with van der Waals surface area (Å²) >= 11 is 5.10. The van der Waals surface area contributed by atoms with Gasteiger partial charge < -0.3 is 5.32 Å². The molecule has 0 atom stereocenters. The van der Waals surface area contributed by atoms with Crippen molar-refractivity contribution < 1.29 is 4.39 Å². The largest absolute Gasteiger partial charge is 0.310 e. The molecule has 0 amide bonds. The number of hydrogen-bond acceptors (Lipinski definition) is 3. The molecule has 1 N–H and O–H groups in total. The van der Waals surface area contributed by atoms with Crippen molar-refractivity contribution in [3.8, 4) is 10.6 Å². The number of hydrogen-bond donors (Lipinski definition) is 1. The Morgan fingerprint density at radius 2 is 2.15 bits per heavy atom. The third-order valence-corrected chi connectivity index (χ3v) is 4.77. The predicted molar refractivity (Wildman–Crippen MR) is 86.6 cm³/mol. The molecule has 2 rings (SSSR count). The third kappa shape index (κ3) is 3.65. The molecule has 0 aliphatic rings. The summed E-state index contributed by atoms with van der Waals surface area (Å²) < 4.78 is 14.3. The van der Waals surface area contributed by atoms with Gasteiger partial charge in [0.1, 0.15) is 10.8 Å². The van der Waals surface area contributed by atoms with Crippen LogP contribution in [0.5, 0.6) is 0 Å². The molecule has 108 valence electrons. The molecule has 0 fully saturated rings. The summed E-state index contributed by atoms with van der Waals surface area (Å²) in [5.41, 5.74) is 1.91. The quantitative estimate of drug-likeness (QED) is 0.834. The minimum atomic E-state index is -0.238. The summed E-state index contributed by atoms with van der Waals surface area (Å²) in [4.78, 5) is 5.89. The van der Waals surface area contributed by atoms with Gasteiger partial charge >= 0.3 is 0 Å². The lowest BCUT2D eigenvalue weighted by Crippen LogP contribution is -2.21. The van der Waals surface area contributed by atoms with Crippen molar-refractivity contribution in [2.45, 2.75) is 39.8 Å². The fourth-order valence-corrected chi connectivity index (χ4v) is 3.57. The minimum absolute atomic E-state index is 0.238. The number of benzene rings is 1. The molecule has 5 heteroatoms. The van der Waals surface area contributed by atoms with Crippen LogP contribution in [-0.2, 0) is 13.0 Å². The number of halogens is 2. The van der Waals surface area contributed by atoms with Crippen LogP contribution < -0.4 is 5.32 Å². The fraction of sp³-hybridized carbons (Fsp3) is 0.400. The zero-order valence-corrected chi connectivity index (χ0v) is 14.2. The first-order chi connectivity index (χ1) is 9.51. The van der Waals surface area contributed by atoms with E-state index in [1.165, 1.54) is 17.0 Å². The number of thiazole rings is 1. The molecule has 0 radical (unpaired) electrons. The molecule has 0 saturated carbocycles. The molecule has 0 unspecified atom stereocenters. The van der Waals surface area contributed by atoms with E-state index in [1.807, 2.05) is 0 Å². The second-order valence-corrected chi connectivity index (χ2v) is 6.84. The second-order valence-electron chi connectivity index (χ2n) is 4.90. The van der Waals surface area contributed by atoms with Crippen molar-refractivity contribution in [3.05, 3.63) is 39.1 Å². The van der Waals surface area contributed by atoms with Crippen LogP contribution in [-0.4, -0.2) is 11.0 Å². The summed E-state index contributed by atoms with van der Waals surface area (Å²) in [6.45, 7) is 7.15. The predicted octanol–water partition coefficient (Wildman–Crippen LogP) is 4.77. The average molecular weight is 357 g/mol. The molecule has 0 aliphatic heterocycles. The van der Waals surface area contributed by atoms with Crippen molar-refractivity contribution in [1.82, 2.24) is 10.3 Å². The van der Waals surface area contributed by atoms with Gasteiger partial charge in [-0.05, 0) is 24.6 Å². The first kappa shape index (κ1) is 15.6. The normalized spacial score (nSPS) is 11.3. The van der Waals surface area contributed by atoms with Crippen LogP contribution in [0.25, 0.3) is 10.6 Å². The van der Waals surface area contributed by atoms with E-state index in [0.717, 1.165) is 33.7 Å². The molecule has 2 nitrogen and oxygen atoms in total. The Morgan fingerprint density at radius 1 is 1.40 bits per heavy atom. The first-order valence-corrected chi connectivity index (χ1v) is 8.29.